The number of piperidine rings is 1. The van der Waals surface area contributed by atoms with Gasteiger partial charge in [-0.25, -0.2) is 0 Å². The van der Waals surface area contributed by atoms with Crippen molar-refractivity contribution >= 4 is 5.57 Å². The van der Waals surface area contributed by atoms with E-state index in [1.165, 1.54) is 39.0 Å². The molecule has 2 heterocycles. The Morgan fingerprint density at radius 1 is 0.769 bits per heavy atom. The number of aryl methyl sites for hydroxylation is 1. The molecule has 1 aliphatic heterocycles. The van der Waals surface area contributed by atoms with Crippen LogP contribution in [0.1, 0.15) is 29.7 Å². The Morgan fingerprint density at radius 2 is 1.35 bits per heavy atom. The number of benzene rings is 2. The number of likely N-dealkylation sites (tertiary alicyclic amines) is 1. The van der Waals surface area contributed by atoms with Crippen LogP contribution in [0, 0.1) is 6.92 Å². The Balaban J connectivity index is 1.88. The molecule has 5 rings (SSSR count). The normalized spacial score (nSPS) is 16.7. The van der Waals surface area contributed by atoms with Crippen molar-refractivity contribution in [2.75, 3.05) is 20.1 Å². The Labute approximate surface area is 154 Å². The van der Waals surface area contributed by atoms with Gasteiger partial charge in [-0.1, -0.05) is 54.1 Å². The van der Waals surface area contributed by atoms with E-state index in [-0.39, 0.29) is 0 Å². The van der Waals surface area contributed by atoms with Crippen LogP contribution >= 0.6 is 0 Å². The highest BCUT2D eigenvalue weighted by Crippen LogP contribution is 2.48. The van der Waals surface area contributed by atoms with Gasteiger partial charge >= 0.3 is 0 Å². The summed E-state index contributed by atoms with van der Waals surface area (Å²) >= 11 is 0. The van der Waals surface area contributed by atoms with E-state index in [1.54, 1.807) is 5.57 Å². The lowest BCUT2D eigenvalue weighted by molar-refractivity contribution is 0.313. The Bertz CT molecular complexity index is 1010. The second-order valence-corrected chi connectivity index (χ2v) is 7.45. The molecule has 1 aliphatic carbocycles. The molecule has 3 aromatic rings. The zero-order valence-corrected chi connectivity index (χ0v) is 15.4. The summed E-state index contributed by atoms with van der Waals surface area (Å²) < 4.78 is 5.86. The Hall–Kier alpha value is -2.58. The second-order valence-electron chi connectivity index (χ2n) is 7.45. The van der Waals surface area contributed by atoms with Gasteiger partial charge in [0.05, 0.1) is 6.26 Å². The van der Waals surface area contributed by atoms with Gasteiger partial charge in [-0.3, -0.25) is 0 Å². The molecule has 2 nitrogen and oxygen atoms in total. The number of fused-ring (bicyclic) bond motifs is 5. The maximum atomic E-state index is 5.86. The van der Waals surface area contributed by atoms with Gasteiger partial charge in [-0.05, 0) is 54.6 Å². The van der Waals surface area contributed by atoms with Crippen LogP contribution in [0.2, 0.25) is 0 Å². The van der Waals surface area contributed by atoms with Crippen LogP contribution in [-0.4, -0.2) is 25.0 Å². The van der Waals surface area contributed by atoms with Gasteiger partial charge in [-0.2, -0.15) is 0 Å². The minimum absolute atomic E-state index is 0.997. The first-order valence-electron chi connectivity index (χ1n) is 9.42. The van der Waals surface area contributed by atoms with Crippen molar-refractivity contribution in [2.24, 2.45) is 0 Å². The summed E-state index contributed by atoms with van der Waals surface area (Å²) in [4.78, 5) is 2.43. The van der Waals surface area contributed by atoms with Gasteiger partial charge in [0.1, 0.15) is 5.76 Å². The molecule has 0 bridgehead atoms. The monoisotopic (exact) mass is 341 g/mol. The summed E-state index contributed by atoms with van der Waals surface area (Å²) in [6, 6.07) is 17.7. The maximum Gasteiger partial charge on any atom is 0.109 e. The fourth-order valence-electron chi connectivity index (χ4n) is 4.51. The van der Waals surface area contributed by atoms with E-state index in [0.717, 1.165) is 31.7 Å². The first-order valence-corrected chi connectivity index (χ1v) is 9.42. The lowest BCUT2D eigenvalue weighted by atomic mass is 9.86. The van der Waals surface area contributed by atoms with Gasteiger partial charge in [0.2, 0.25) is 0 Å². The van der Waals surface area contributed by atoms with Crippen LogP contribution in [0.4, 0.5) is 0 Å². The third-order valence-electron chi connectivity index (χ3n) is 5.87. The van der Waals surface area contributed by atoms with Gasteiger partial charge in [0.15, 0.2) is 0 Å². The summed E-state index contributed by atoms with van der Waals surface area (Å²) in [5.74, 6) is 0.997. The largest absolute Gasteiger partial charge is 0.468 e. The summed E-state index contributed by atoms with van der Waals surface area (Å²) in [5, 5.41) is 0. The van der Waals surface area contributed by atoms with Crippen LogP contribution in [0.5, 0.6) is 0 Å². The van der Waals surface area contributed by atoms with Crippen molar-refractivity contribution in [1.82, 2.24) is 4.90 Å². The van der Waals surface area contributed by atoms with E-state index in [0.29, 0.717) is 0 Å². The van der Waals surface area contributed by atoms with Crippen LogP contribution in [0.25, 0.3) is 27.8 Å². The van der Waals surface area contributed by atoms with Crippen molar-refractivity contribution in [3.05, 3.63) is 77.3 Å². The molecule has 0 radical (unpaired) electrons. The standard InChI is InChI=1S/C24H23NO/c1-16-23-20-9-5-6-10-21(20)24(17-11-13-25(2)14-12-17)19-8-4-3-7-18(19)22(23)15-26-16/h3-10,15H,11-14H2,1-2H3. The number of hydrogen-bond acceptors (Lipinski definition) is 2. The third kappa shape index (κ3) is 2.29. The average Bonchev–Trinajstić information content (AvgIpc) is 3.00. The molecular weight excluding hydrogens is 318 g/mol. The smallest absolute Gasteiger partial charge is 0.109 e. The van der Waals surface area contributed by atoms with Crippen LogP contribution in [-0.2, 0) is 0 Å². The molecule has 0 spiro atoms. The fraction of sp³-hybridized carbons (Fsp3) is 0.250. The van der Waals surface area contributed by atoms with Gasteiger partial charge in [0.25, 0.3) is 0 Å². The minimum Gasteiger partial charge on any atom is -0.468 e. The molecule has 1 fully saturated rings. The number of furan rings is 1. The quantitative estimate of drug-likeness (QED) is 0.404. The van der Waals surface area contributed by atoms with Gasteiger partial charge in [0, 0.05) is 24.2 Å². The maximum absolute atomic E-state index is 5.86. The van der Waals surface area contributed by atoms with E-state index in [9.17, 15) is 0 Å². The predicted octanol–water partition coefficient (Wildman–Crippen LogP) is 5.76. The molecule has 2 aliphatic rings. The van der Waals surface area contributed by atoms with E-state index in [4.69, 9.17) is 4.42 Å². The minimum atomic E-state index is 0.997. The molecule has 0 amide bonds. The van der Waals surface area contributed by atoms with E-state index in [2.05, 4.69) is 67.4 Å². The molecular formula is C24H23NO. The van der Waals surface area contributed by atoms with Crippen LogP contribution < -0.4 is 0 Å². The highest BCUT2D eigenvalue weighted by atomic mass is 16.3. The van der Waals surface area contributed by atoms with Crippen molar-refractivity contribution in [1.29, 1.82) is 0 Å². The Kier molecular flexibility index (Phi) is 3.61. The molecule has 0 saturated carbocycles. The number of hydrogen-bond donors (Lipinski definition) is 0. The van der Waals surface area contributed by atoms with Gasteiger partial charge < -0.3 is 9.32 Å². The zero-order chi connectivity index (χ0) is 17.7. The zero-order valence-electron chi connectivity index (χ0n) is 15.4. The fourth-order valence-corrected chi connectivity index (χ4v) is 4.51. The molecule has 0 N–H and O–H groups in total. The molecule has 130 valence electrons. The van der Waals surface area contributed by atoms with E-state index in [1.807, 2.05) is 6.26 Å². The van der Waals surface area contributed by atoms with Crippen molar-refractivity contribution in [2.45, 2.75) is 19.8 Å². The number of nitrogens with zero attached hydrogens (tertiary/aromatic N) is 1. The SMILES string of the molecule is Cc1occ2c1-c1ccccc1C(=C1CCN(C)CC1)c1ccccc1-2. The lowest BCUT2D eigenvalue weighted by Crippen LogP contribution is -2.27. The van der Waals surface area contributed by atoms with E-state index < -0.39 is 0 Å². The van der Waals surface area contributed by atoms with Gasteiger partial charge in [-0.15, -0.1) is 0 Å². The first-order chi connectivity index (χ1) is 12.7. The van der Waals surface area contributed by atoms with Crippen molar-refractivity contribution in [3.63, 3.8) is 0 Å². The molecule has 0 unspecified atom stereocenters. The van der Waals surface area contributed by atoms with E-state index >= 15 is 0 Å². The summed E-state index contributed by atoms with van der Waals surface area (Å²) in [7, 11) is 2.22. The molecule has 2 heteroatoms. The molecule has 2 aromatic carbocycles. The molecule has 1 saturated heterocycles. The molecule has 26 heavy (non-hydrogen) atoms. The van der Waals surface area contributed by atoms with Crippen LogP contribution in [0.3, 0.4) is 0 Å². The first kappa shape index (κ1) is 15.7. The topological polar surface area (TPSA) is 16.4 Å². The number of rotatable bonds is 0. The van der Waals surface area contributed by atoms with Crippen LogP contribution in [0.15, 0.2) is 64.8 Å². The summed E-state index contributed by atoms with van der Waals surface area (Å²) in [5.41, 5.74) is 10.8. The predicted molar refractivity (Wildman–Crippen MR) is 107 cm³/mol. The Morgan fingerprint density at radius 3 is 2.04 bits per heavy atom. The summed E-state index contributed by atoms with van der Waals surface area (Å²) in [6.45, 7) is 4.35. The third-order valence-corrected chi connectivity index (χ3v) is 5.87. The summed E-state index contributed by atoms with van der Waals surface area (Å²) in [6.07, 6.45) is 4.21. The van der Waals surface area contributed by atoms with Crippen molar-refractivity contribution in [3.8, 4) is 22.3 Å². The second kappa shape index (κ2) is 6.00. The average molecular weight is 341 g/mol. The molecule has 0 atom stereocenters. The lowest BCUT2D eigenvalue weighted by Gasteiger charge is -2.27. The highest BCUT2D eigenvalue weighted by molar-refractivity contribution is 6.03. The highest BCUT2D eigenvalue weighted by Gasteiger charge is 2.28. The molecule has 1 aromatic heterocycles. The van der Waals surface area contributed by atoms with Crippen molar-refractivity contribution < 1.29 is 4.42 Å².